The first-order valence-electron chi connectivity index (χ1n) is 7.56. The quantitative estimate of drug-likeness (QED) is 0.590. The Balaban J connectivity index is 1.67. The van der Waals surface area contributed by atoms with Crippen molar-refractivity contribution in [1.82, 2.24) is 0 Å². The van der Waals surface area contributed by atoms with E-state index in [2.05, 4.69) is 73.7 Å². The average molecular weight is 270 g/mol. The number of aryl methyl sites for hydroxylation is 1. The van der Waals surface area contributed by atoms with Crippen molar-refractivity contribution in [3.05, 3.63) is 89.0 Å². The minimum atomic E-state index is 1.03. The molecule has 0 bridgehead atoms. The Bertz CT molecular complexity index is 853. The maximum atomic E-state index is 2.39. The van der Waals surface area contributed by atoms with E-state index in [9.17, 15) is 0 Å². The van der Waals surface area contributed by atoms with Crippen molar-refractivity contribution in [2.75, 3.05) is 0 Å². The first-order valence-corrected chi connectivity index (χ1v) is 7.56. The van der Waals surface area contributed by atoms with Crippen LogP contribution in [0.15, 0.2) is 66.7 Å². The highest BCUT2D eigenvalue weighted by Crippen LogP contribution is 2.31. The molecule has 0 atom stereocenters. The predicted octanol–water partition coefficient (Wildman–Crippen LogP) is 5.33. The summed E-state index contributed by atoms with van der Waals surface area (Å²) in [5, 5.41) is 2.65. The van der Waals surface area contributed by atoms with Crippen molar-refractivity contribution < 1.29 is 0 Å². The van der Waals surface area contributed by atoms with Crippen LogP contribution in [0.5, 0.6) is 0 Å². The highest BCUT2D eigenvalue weighted by atomic mass is 14.2. The predicted molar refractivity (Wildman–Crippen MR) is 90.5 cm³/mol. The van der Waals surface area contributed by atoms with Crippen LogP contribution in [0.2, 0.25) is 0 Å². The molecule has 0 saturated heterocycles. The van der Waals surface area contributed by atoms with Crippen molar-refractivity contribution in [3.8, 4) is 0 Å². The van der Waals surface area contributed by atoms with E-state index in [-0.39, 0.29) is 0 Å². The van der Waals surface area contributed by atoms with E-state index in [4.69, 9.17) is 0 Å². The molecule has 21 heavy (non-hydrogen) atoms. The van der Waals surface area contributed by atoms with Crippen LogP contribution in [0.3, 0.4) is 0 Å². The van der Waals surface area contributed by atoms with E-state index in [0.29, 0.717) is 0 Å². The Hall–Kier alpha value is -2.34. The fraction of sp³-hybridized carbons (Fsp3) is 0.143. The lowest BCUT2D eigenvalue weighted by Gasteiger charge is -2.08. The second-order valence-corrected chi connectivity index (χ2v) is 5.95. The Morgan fingerprint density at radius 2 is 1.71 bits per heavy atom. The van der Waals surface area contributed by atoms with Gasteiger partial charge in [0.15, 0.2) is 0 Å². The number of fused-ring (bicyclic) bond motifs is 2. The summed E-state index contributed by atoms with van der Waals surface area (Å²) in [6.45, 7) is 2.17. The molecule has 0 aliphatic heterocycles. The van der Waals surface area contributed by atoms with Gasteiger partial charge in [-0.1, -0.05) is 72.3 Å². The Labute approximate surface area is 125 Å². The molecule has 0 heteroatoms. The zero-order valence-electron chi connectivity index (χ0n) is 12.3. The van der Waals surface area contributed by atoms with Gasteiger partial charge in [-0.2, -0.15) is 0 Å². The molecule has 0 nitrogen and oxygen atoms in total. The van der Waals surface area contributed by atoms with Gasteiger partial charge in [0, 0.05) is 0 Å². The lowest BCUT2D eigenvalue weighted by atomic mass is 9.97. The molecule has 0 unspecified atom stereocenters. The van der Waals surface area contributed by atoms with Crippen molar-refractivity contribution in [2.45, 2.75) is 19.8 Å². The highest BCUT2D eigenvalue weighted by molar-refractivity contribution is 5.84. The summed E-state index contributed by atoms with van der Waals surface area (Å²) in [6.07, 6.45) is 4.50. The molecule has 0 heterocycles. The van der Waals surface area contributed by atoms with Crippen molar-refractivity contribution in [2.24, 2.45) is 0 Å². The summed E-state index contributed by atoms with van der Waals surface area (Å²) in [5.41, 5.74) is 7.14. The molecular weight excluding hydrogens is 252 g/mol. The number of allylic oxidation sites excluding steroid dienone is 2. The van der Waals surface area contributed by atoms with Crippen LogP contribution in [0.25, 0.3) is 16.3 Å². The van der Waals surface area contributed by atoms with Crippen LogP contribution >= 0.6 is 0 Å². The molecule has 0 aromatic heterocycles. The van der Waals surface area contributed by atoms with Gasteiger partial charge in [-0.15, -0.1) is 0 Å². The van der Waals surface area contributed by atoms with Gasteiger partial charge in [0.2, 0.25) is 0 Å². The summed E-state index contributed by atoms with van der Waals surface area (Å²) in [4.78, 5) is 0. The molecule has 0 radical (unpaired) electrons. The van der Waals surface area contributed by atoms with E-state index >= 15 is 0 Å². The minimum absolute atomic E-state index is 1.03. The first kappa shape index (κ1) is 12.4. The molecule has 4 rings (SSSR count). The van der Waals surface area contributed by atoms with Crippen LogP contribution in [0, 0.1) is 6.92 Å². The smallest absolute Gasteiger partial charge is 0.00226 e. The Kier molecular flexibility index (Phi) is 2.89. The van der Waals surface area contributed by atoms with Gasteiger partial charge in [0.05, 0.1) is 0 Å². The zero-order valence-corrected chi connectivity index (χ0v) is 12.3. The van der Waals surface area contributed by atoms with Crippen LogP contribution in [-0.4, -0.2) is 0 Å². The standard InChI is InChI=1S/C21H18/c1-15-6-11-21-19(12-15)9-10-20(21)14-16-7-8-17-4-2-3-5-18(17)13-16/h2-8,10-13H,9,14H2,1H3. The maximum Gasteiger partial charge on any atom is -0.00226 e. The second-order valence-electron chi connectivity index (χ2n) is 5.95. The van der Waals surface area contributed by atoms with Crippen molar-refractivity contribution >= 4 is 16.3 Å². The molecule has 0 N–H and O–H groups in total. The number of hydrogen-bond donors (Lipinski definition) is 0. The third kappa shape index (κ3) is 2.27. The molecule has 0 spiro atoms. The fourth-order valence-corrected chi connectivity index (χ4v) is 3.28. The van der Waals surface area contributed by atoms with Gasteiger partial charge in [-0.25, -0.2) is 0 Å². The lowest BCUT2D eigenvalue weighted by molar-refractivity contribution is 1.28. The van der Waals surface area contributed by atoms with E-state index in [1.54, 1.807) is 0 Å². The van der Waals surface area contributed by atoms with Gasteiger partial charge in [-0.05, 0) is 52.8 Å². The van der Waals surface area contributed by atoms with Gasteiger partial charge in [-0.3, -0.25) is 0 Å². The fourth-order valence-electron chi connectivity index (χ4n) is 3.28. The number of rotatable bonds is 2. The summed E-state index contributed by atoms with van der Waals surface area (Å²) in [6, 6.07) is 22.2. The molecule has 102 valence electrons. The zero-order chi connectivity index (χ0) is 14.2. The monoisotopic (exact) mass is 270 g/mol. The molecule has 0 saturated carbocycles. The summed E-state index contributed by atoms with van der Waals surface area (Å²) in [7, 11) is 0. The van der Waals surface area contributed by atoms with Gasteiger partial charge >= 0.3 is 0 Å². The molecule has 3 aromatic rings. The van der Waals surface area contributed by atoms with E-state index in [1.165, 1.54) is 38.6 Å². The number of benzene rings is 3. The molecule has 3 aromatic carbocycles. The van der Waals surface area contributed by atoms with Gasteiger partial charge in [0.25, 0.3) is 0 Å². The van der Waals surface area contributed by atoms with Crippen LogP contribution in [0.1, 0.15) is 22.3 Å². The van der Waals surface area contributed by atoms with E-state index in [0.717, 1.165) is 12.8 Å². The van der Waals surface area contributed by atoms with Gasteiger partial charge in [0.1, 0.15) is 0 Å². The number of hydrogen-bond acceptors (Lipinski definition) is 0. The molecular formula is C21H18. The third-order valence-corrected chi connectivity index (χ3v) is 4.38. The SMILES string of the molecule is Cc1ccc2c(c1)CC=C2Cc1ccc2ccccc2c1. The van der Waals surface area contributed by atoms with E-state index < -0.39 is 0 Å². The van der Waals surface area contributed by atoms with Gasteiger partial charge < -0.3 is 0 Å². The minimum Gasteiger partial charge on any atom is -0.0759 e. The second kappa shape index (κ2) is 4.89. The van der Waals surface area contributed by atoms with Crippen LogP contribution in [0.4, 0.5) is 0 Å². The van der Waals surface area contributed by atoms with Crippen LogP contribution in [-0.2, 0) is 12.8 Å². The highest BCUT2D eigenvalue weighted by Gasteiger charge is 2.14. The summed E-state index contributed by atoms with van der Waals surface area (Å²) < 4.78 is 0. The molecule has 1 aliphatic carbocycles. The molecule has 0 amide bonds. The average Bonchev–Trinajstić information content (AvgIpc) is 2.89. The maximum absolute atomic E-state index is 2.39. The Morgan fingerprint density at radius 3 is 2.62 bits per heavy atom. The van der Waals surface area contributed by atoms with Crippen LogP contribution < -0.4 is 0 Å². The summed E-state index contributed by atoms with van der Waals surface area (Å²) in [5.74, 6) is 0. The first-order chi connectivity index (χ1) is 10.3. The summed E-state index contributed by atoms with van der Waals surface area (Å²) >= 11 is 0. The third-order valence-electron chi connectivity index (χ3n) is 4.38. The Morgan fingerprint density at radius 1 is 0.857 bits per heavy atom. The topological polar surface area (TPSA) is 0 Å². The van der Waals surface area contributed by atoms with Crippen molar-refractivity contribution in [1.29, 1.82) is 0 Å². The van der Waals surface area contributed by atoms with E-state index in [1.807, 2.05) is 0 Å². The molecule has 1 aliphatic rings. The largest absolute Gasteiger partial charge is 0.0759 e. The van der Waals surface area contributed by atoms with Crippen molar-refractivity contribution in [3.63, 3.8) is 0 Å². The molecule has 0 fully saturated rings. The normalized spacial score (nSPS) is 13.3. The lowest BCUT2D eigenvalue weighted by Crippen LogP contribution is -1.90.